The number of carbonyl (C=O) groups excluding carboxylic acids is 1. The third-order valence-corrected chi connectivity index (χ3v) is 3.23. The molecule has 0 atom stereocenters. The van der Waals surface area contributed by atoms with Gasteiger partial charge in [0.15, 0.2) is 11.4 Å². The molecule has 1 aromatic carbocycles. The summed E-state index contributed by atoms with van der Waals surface area (Å²) in [5.74, 6) is 0.407. The molecule has 0 amide bonds. The van der Waals surface area contributed by atoms with Gasteiger partial charge in [-0.15, -0.1) is 0 Å². The van der Waals surface area contributed by atoms with Crippen molar-refractivity contribution in [3.63, 3.8) is 0 Å². The van der Waals surface area contributed by atoms with E-state index >= 15 is 0 Å². The summed E-state index contributed by atoms with van der Waals surface area (Å²) in [6.07, 6.45) is 0.533. The molecule has 0 radical (unpaired) electrons. The van der Waals surface area contributed by atoms with Crippen LogP contribution in [0.25, 0.3) is 0 Å². The summed E-state index contributed by atoms with van der Waals surface area (Å²) in [7, 11) is 0. The Balaban J connectivity index is 2.37. The van der Waals surface area contributed by atoms with Gasteiger partial charge in [0.05, 0.1) is 4.92 Å². The predicted octanol–water partition coefficient (Wildman–Crippen LogP) is 1.51. The average Bonchev–Trinajstić information content (AvgIpc) is 2.37. The summed E-state index contributed by atoms with van der Waals surface area (Å²) in [6, 6.07) is 5.34. The van der Waals surface area contributed by atoms with E-state index in [4.69, 9.17) is 11.5 Å². The first-order valence-electron chi connectivity index (χ1n) is 5.31. The molecule has 0 saturated carbocycles. The number of rotatable bonds is 4. The Morgan fingerprint density at radius 2 is 1.85 bits per heavy atom. The molecule has 2 aromatic rings. The topological polar surface area (TPSA) is 138 Å². The van der Waals surface area contributed by atoms with Crippen molar-refractivity contribution in [3.8, 4) is 0 Å². The molecule has 0 saturated heterocycles. The third kappa shape index (κ3) is 3.01. The SMILES string of the molecule is Nc1cc(N)nc(Sc2ccc([N+](=O)[O-])cc2C=O)n1. The van der Waals surface area contributed by atoms with Gasteiger partial charge >= 0.3 is 0 Å². The van der Waals surface area contributed by atoms with Gasteiger partial charge in [0.2, 0.25) is 0 Å². The lowest BCUT2D eigenvalue weighted by atomic mass is 10.2. The molecule has 0 aliphatic rings. The first-order chi connectivity index (χ1) is 9.49. The number of anilines is 2. The smallest absolute Gasteiger partial charge is 0.270 e. The summed E-state index contributed by atoms with van der Waals surface area (Å²) in [5, 5.41) is 10.9. The zero-order valence-electron chi connectivity index (χ0n) is 10.0. The van der Waals surface area contributed by atoms with E-state index in [-0.39, 0.29) is 28.0 Å². The van der Waals surface area contributed by atoms with Crippen LogP contribution in [0.2, 0.25) is 0 Å². The van der Waals surface area contributed by atoms with Crippen molar-refractivity contribution in [1.29, 1.82) is 0 Å². The Labute approximate surface area is 117 Å². The van der Waals surface area contributed by atoms with Gasteiger partial charge in [-0.25, -0.2) is 9.97 Å². The van der Waals surface area contributed by atoms with Gasteiger partial charge < -0.3 is 11.5 Å². The summed E-state index contributed by atoms with van der Waals surface area (Å²) in [6.45, 7) is 0. The Bertz CT molecular complexity index is 672. The molecule has 0 aliphatic carbocycles. The first kappa shape index (κ1) is 13.7. The molecular formula is C11H9N5O3S. The predicted molar refractivity (Wildman–Crippen MR) is 73.5 cm³/mol. The molecule has 4 N–H and O–H groups in total. The lowest BCUT2D eigenvalue weighted by molar-refractivity contribution is -0.384. The fraction of sp³-hybridized carbons (Fsp3) is 0. The molecule has 20 heavy (non-hydrogen) atoms. The first-order valence-corrected chi connectivity index (χ1v) is 6.13. The summed E-state index contributed by atoms with van der Waals surface area (Å²) >= 11 is 1.05. The largest absolute Gasteiger partial charge is 0.383 e. The molecule has 8 nitrogen and oxygen atoms in total. The number of nitro groups is 1. The zero-order valence-corrected chi connectivity index (χ0v) is 10.8. The van der Waals surface area contributed by atoms with Crippen molar-refractivity contribution in [2.75, 3.05) is 11.5 Å². The van der Waals surface area contributed by atoms with Gasteiger partial charge in [-0.3, -0.25) is 14.9 Å². The van der Waals surface area contributed by atoms with Gasteiger partial charge in [0.1, 0.15) is 11.6 Å². The van der Waals surface area contributed by atoms with E-state index in [1.54, 1.807) is 0 Å². The van der Waals surface area contributed by atoms with Gasteiger partial charge in [-0.1, -0.05) is 0 Å². The number of hydrogen-bond acceptors (Lipinski definition) is 8. The molecule has 0 unspecified atom stereocenters. The van der Waals surface area contributed by atoms with Gasteiger partial charge in [-0.2, -0.15) is 0 Å². The summed E-state index contributed by atoms with van der Waals surface area (Å²) in [4.78, 5) is 29.5. The highest BCUT2D eigenvalue weighted by molar-refractivity contribution is 7.99. The number of nitrogens with zero attached hydrogens (tertiary/aromatic N) is 3. The summed E-state index contributed by atoms with van der Waals surface area (Å²) in [5.41, 5.74) is 11.1. The lowest BCUT2D eigenvalue weighted by Crippen LogP contribution is -1.99. The Morgan fingerprint density at radius 1 is 1.20 bits per heavy atom. The van der Waals surface area contributed by atoms with Crippen LogP contribution in [-0.2, 0) is 0 Å². The zero-order chi connectivity index (χ0) is 14.7. The second-order valence-corrected chi connectivity index (χ2v) is 4.71. The fourth-order valence-electron chi connectivity index (χ4n) is 1.44. The fourth-order valence-corrected chi connectivity index (χ4v) is 2.30. The van der Waals surface area contributed by atoms with Crippen LogP contribution in [0.1, 0.15) is 10.4 Å². The van der Waals surface area contributed by atoms with Crippen molar-refractivity contribution in [2.24, 2.45) is 0 Å². The number of nitrogens with two attached hydrogens (primary N) is 2. The third-order valence-electron chi connectivity index (χ3n) is 2.28. The van der Waals surface area contributed by atoms with Crippen molar-refractivity contribution in [2.45, 2.75) is 10.1 Å². The second kappa shape index (κ2) is 5.53. The maximum atomic E-state index is 11.0. The van der Waals surface area contributed by atoms with Crippen LogP contribution < -0.4 is 11.5 Å². The van der Waals surface area contributed by atoms with E-state index in [2.05, 4.69) is 9.97 Å². The minimum absolute atomic E-state index is 0.163. The molecular weight excluding hydrogens is 282 g/mol. The number of non-ortho nitro benzene ring substituents is 1. The Kier molecular flexibility index (Phi) is 3.80. The van der Waals surface area contributed by atoms with Crippen LogP contribution in [0.15, 0.2) is 34.3 Å². The number of aldehydes is 1. The molecule has 102 valence electrons. The van der Waals surface area contributed by atoms with Crippen molar-refractivity contribution in [1.82, 2.24) is 9.97 Å². The van der Waals surface area contributed by atoms with Crippen LogP contribution in [0.5, 0.6) is 0 Å². The van der Waals surface area contributed by atoms with Crippen LogP contribution in [0, 0.1) is 10.1 Å². The summed E-state index contributed by atoms with van der Waals surface area (Å²) < 4.78 is 0. The van der Waals surface area contributed by atoms with E-state index in [1.807, 2.05) is 0 Å². The minimum Gasteiger partial charge on any atom is -0.383 e. The van der Waals surface area contributed by atoms with E-state index < -0.39 is 4.92 Å². The van der Waals surface area contributed by atoms with Crippen molar-refractivity contribution >= 4 is 35.4 Å². The van der Waals surface area contributed by atoms with Crippen molar-refractivity contribution < 1.29 is 9.72 Å². The Morgan fingerprint density at radius 3 is 2.40 bits per heavy atom. The number of benzene rings is 1. The molecule has 2 rings (SSSR count). The van der Waals surface area contributed by atoms with E-state index in [0.717, 1.165) is 11.8 Å². The molecule has 9 heteroatoms. The van der Waals surface area contributed by atoms with Crippen molar-refractivity contribution in [3.05, 3.63) is 39.9 Å². The maximum Gasteiger partial charge on any atom is 0.270 e. The normalized spacial score (nSPS) is 10.2. The number of hydrogen-bond donors (Lipinski definition) is 2. The highest BCUT2D eigenvalue weighted by Crippen LogP contribution is 2.30. The van der Waals surface area contributed by atoms with E-state index in [0.29, 0.717) is 11.2 Å². The molecule has 1 aromatic heterocycles. The van der Waals surface area contributed by atoms with Crippen LogP contribution in [-0.4, -0.2) is 21.2 Å². The van der Waals surface area contributed by atoms with E-state index in [9.17, 15) is 14.9 Å². The molecule has 0 fully saturated rings. The quantitative estimate of drug-likeness (QED) is 0.374. The average molecular weight is 291 g/mol. The standard InChI is InChI=1S/C11H9N5O3S/c12-9-4-10(13)15-11(14-9)20-8-2-1-7(16(18)19)3-6(8)5-17/h1-5H,(H4,12,13,14,15). The lowest BCUT2D eigenvalue weighted by Gasteiger charge is -2.04. The molecule has 0 spiro atoms. The van der Waals surface area contributed by atoms with Crippen LogP contribution in [0.4, 0.5) is 17.3 Å². The van der Waals surface area contributed by atoms with Gasteiger partial charge in [0.25, 0.3) is 5.69 Å². The highest BCUT2D eigenvalue weighted by atomic mass is 32.2. The number of nitro benzene ring substituents is 1. The molecule has 0 aliphatic heterocycles. The Hall–Kier alpha value is -2.68. The second-order valence-electron chi connectivity index (χ2n) is 3.70. The monoisotopic (exact) mass is 291 g/mol. The number of aromatic nitrogens is 2. The maximum absolute atomic E-state index is 11.0. The van der Waals surface area contributed by atoms with Gasteiger partial charge in [-0.05, 0) is 17.8 Å². The van der Waals surface area contributed by atoms with E-state index in [1.165, 1.54) is 24.3 Å². The number of carbonyl (C=O) groups is 1. The minimum atomic E-state index is -0.573. The van der Waals surface area contributed by atoms with Crippen LogP contribution >= 0.6 is 11.8 Å². The molecule has 0 bridgehead atoms. The molecule has 1 heterocycles. The number of nitrogen functional groups attached to an aromatic ring is 2. The highest BCUT2D eigenvalue weighted by Gasteiger charge is 2.13. The van der Waals surface area contributed by atoms with Crippen LogP contribution in [0.3, 0.4) is 0 Å². The van der Waals surface area contributed by atoms with Gasteiger partial charge in [0, 0.05) is 28.7 Å².